The van der Waals surface area contributed by atoms with Gasteiger partial charge in [0.25, 0.3) is 0 Å². The normalized spacial score (nSPS) is 0. The molecule has 0 aliphatic rings. The first-order valence-electron chi connectivity index (χ1n) is 0. The van der Waals surface area contributed by atoms with Crippen LogP contribution in [-0.4, -0.2) is 0 Å². The third kappa shape index (κ3) is 38.5. The molecule has 40 valence electrons. The summed E-state index contributed by atoms with van der Waals surface area (Å²) in [4.78, 5) is 0. The van der Waals surface area contributed by atoms with Crippen LogP contribution in [0.1, 0.15) is 0 Å². The molecule has 0 aromatic carbocycles. The first-order chi connectivity index (χ1) is 0. The maximum atomic E-state index is 0. The second-order valence-electron chi connectivity index (χ2n) is 0. The van der Waals surface area contributed by atoms with Crippen molar-refractivity contribution in [2.75, 3.05) is 0 Å². The van der Waals surface area contributed by atoms with Gasteiger partial charge < -0.3 is 16.4 Å². The maximum Gasteiger partial charge on any atom is 3.00 e. The van der Waals surface area contributed by atoms with E-state index < -0.39 is 0 Å². The van der Waals surface area contributed by atoms with Crippen molar-refractivity contribution in [3.05, 3.63) is 0 Å². The average molecular weight is 452 g/mol. The third-order valence-corrected chi connectivity index (χ3v) is 0. The first kappa shape index (κ1) is 65.2. The topological polar surface area (TPSA) is 85.5 Å². The molecule has 0 atom stereocenters. The van der Waals surface area contributed by atoms with E-state index in [-0.39, 0.29) is 148 Å². The van der Waals surface area contributed by atoms with E-state index in [1.807, 2.05) is 0 Å². The molecule has 0 heterocycles. The Bertz CT molecular complexity index is 10.9. The van der Waals surface area contributed by atoms with Gasteiger partial charge in [0.1, 0.15) is 0 Å². The molecule has 0 N–H and O–H groups in total. The molecule has 0 unspecified atom stereocenters. The second kappa shape index (κ2) is 48.4. The van der Waals surface area contributed by atoms with Crippen molar-refractivity contribution in [1.82, 2.24) is 0 Å². The van der Waals surface area contributed by atoms with Crippen molar-refractivity contribution < 1.29 is 148 Å². The van der Waals surface area contributed by atoms with E-state index in [4.69, 9.17) is 0 Å². The van der Waals surface area contributed by atoms with Gasteiger partial charge >= 0.3 is 79.9 Å². The molecule has 0 rings (SSSR count). The zero-order chi connectivity index (χ0) is 0. The Morgan fingerprint density at radius 2 is 0.429 bits per heavy atom. The van der Waals surface area contributed by atoms with Gasteiger partial charge in [-0.3, -0.25) is 0 Å². The Kier molecular flexibility index (Phi) is 451. The van der Waals surface area contributed by atoms with Crippen molar-refractivity contribution in [3.8, 4) is 0 Å². The number of hydrogen-bond acceptors (Lipinski definition) is 0. The van der Waals surface area contributed by atoms with Crippen molar-refractivity contribution in [2.24, 2.45) is 0 Å². The van der Waals surface area contributed by atoms with Crippen LogP contribution in [-0.2, 0) is 68.1 Å². The largest absolute Gasteiger partial charge is 3.00 e. The van der Waals surface area contributed by atoms with Crippen LogP contribution in [0, 0.1) is 79.9 Å². The summed E-state index contributed by atoms with van der Waals surface area (Å²) in [6, 6.07) is 0. The SMILES string of the molecule is [Gd+3].[Gd+3].[O-2].[O-2].[O-2].[Sc].[Sc]. The quantitative estimate of drug-likeness (QED) is 0.481. The minimum Gasteiger partial charge on any atom is -2.00 e. The van der Waals surface area contributed by atoms with Crippen LogP contribution in [0.5, 0.6) is 0 Å². The number of rotatable bonds is 0. The Labute approximate surface area is 144 Å². The predicted molar refractivity (Wildman–Crippen MR) is 2.06 cm³/mol. The standard InChI is InChI=1S/2Gd.3O.2Sc/q2*+3;3*-2;;. The summed E-state index contributed by atoms with van der Waals surface area (Å²) in [6.07, 6.45) is 0. The van der Waals surface area contributed by atoms with E-state index in [2.05, 4.69) is 0 Å². The maximum absolute atomic E-state index is 0. The molecule has 0 amide bonds. The average Bonchev–Trinajstić information content (AvgIpc) is 0. The Hall–Kier alpha value is 4.27. The molecular weight excluding hydrogens is 452 g/mol. The van der Waals surface area contributed by atoms with Gasteiger partial charge in [0, 0.05) is 51.7 Å². The zero-order valence-corrected chi connectivity index (χ0v) is 11.2. The Morgan fingerprint density at radius 1 is 0.429 bits per heavy atom. The van der Waals surface area contributed by atoms with Crippen molar-refractivity contribution in [2.45, 2.75) is 0 Å². The van der Waals surface area contributed by atoms with Crippen molar-refractivity contribution >= 4 is 0 Å². The van der Waals surface area contributed by atoms with Gasteiger partial charge in [0.05, 0.1) is 0 Å². The molecule has 0 saturated heterocycles. The molecule has 7 heavy (non-hydrogen) atoms. The summed E-state index contributed by atoms with van der Waals surface area (Å²) in [6.45, 7) is 0. The minimum atomic E-state index is 0. The molecule has 0 aliphatic heterocycles. The molecule has 0 saturated carbocycles. The van der Waals surface area contributed by atoms with E-state index in [0.717, 1.165) is 0 Å². The van der Waals surface area contributed by atoms with Crippen molar-refractivity contribution in [1.29, 1.82) is 0 Å². The van der Waals surface area contributed by atoms with Crippen LogP contribution in [0.25, 0.3) is 0 Å². The van der Waals surface area contributed by atoms with Crippen LogP contribution in [0.2, 0.25) is 0 Å². The monoisotopic (exact) mass is 454 g/mol. The van der Waals surface area contributed by atoms with Gasteiger partial charge in [-0.1, -0.05) is 0 Å². The fourth-order valence-electron chi connectivity index (χ4n) is 0. The van der Waals surface area contributed by atoms with Gasteiger partial charge in [-0.15, -0.1) is 0 Å². The van der Waals surface area contributed by atoms with Gasteiger partial charge in [0.2, 0.25) is 0 Å². The molecule has 0 bridgehead atoms. The molecule has 0 fully saturated rings. The first-order valence-corrected chi connectivity index (χ1v) is 0. The molecule has 7 heteroatoms. The summed E-state index contributed by atoms with van der Waals surface area (Å²) in [5, 5.41) is 0. The fraction of sp³-hybridized carbons (Fsp3) is 0. The molecule has 4 radical (unpaired) electrons. The van der Waals surface area contributed by atoms with Crippen LogP contribution >= 0.6 is 0 Å². The Morgan fingerprint density at radius 3 is 0.429 bits per heavy atom. The third-order valence-electron chi connectivity index (χ3n) is 0. The van der Waals surface area contributed by atoms with Crippen LogP contribution in [0.4, 0.5) is 0 Å². The summed E-state index contributed by atoms with van der Waals surface area (Å²) in [7, 11) is 0. The van der Waals surface area contributed by atoms with Crippen molar-refractivity contribution in [3.63, 3.8) is 0 Å². The summed E-state index contributed by atoms with van der Waals surface area (Å²) < 4.78 is 0. The molecular formula is Gd2O3Sc2. The van der Waals surface area contributed by atoms with E-state index >= 15 is 0 Å². The number of hydrogen-bond donors (Lipinski definition) is 0. The molecule has 0 aromatic heterocycles. The predicted octanol–water partition coefficient (Wildman–Crippen LogP) is -0.361. The van der Waals surface area contributed by atoms with Gasteiger partial charge in [-0.2, -0.15) is 0 Å². The van der Waals surface area contributed by atoms with Gasteiger partial charge in [0.15, 0.2) is 0 Å². The van der Waals surface area contributed by atoms with Gasteiger partial charge in [-0.25, -0.2) is 0 Å². The summed E-state index contributed by atoms with van der Waals surface area (Å²) in [5.41, 5.74) is 0. The summed E-state index contributed by atoms with van der Waals surface area (Å²) >= 11 is 0. The van der Waals surface area contributed by atoms with E-state index in [1.165, 1.54) is 0 Å². The van der Waals surface area contributed by atoms with Crippen LogP contribution in [0.3, 0.4) is 0 Å². The van der Waals surface area contributed by atoms with E-state index in [0.29, 0.717) is 0 Å². The minimum absolute atomic E-state index is 0. The van der Waals surface area contributed by atoms with Crippen LogP contribution < -0.4 is 0 Å². The molecule has 0 aromatic rings. The smallest absolute Gasteiger partial charge is 2.00 e. The van der Waals surface area contributed by atoms with Gasteiger partial charge in [-0.05, 0) is 0 Å². The Balaban J connectivity index is 0. The summed E-state index contributed by atoms with van der Waals surface area (Å²) in [5.74, 6) is 0. The van der Waals surface area contributed by atoms with E-state index in [9.17, 15) is 0 Å². The second-order valence-corrected chi connectivity index (χ2v) is 0. The molecule has 3 nitrogen and oxygen atoms in total. The zero-order valence-electron chi connectivity index (χ0n) is 3.09. The fourth-order valence-corrected chi connectivity index (χ4v) is 0. The molecule has 0 spiro atoms. The van der Waals surface area contributed by atoms with Crippen LogP contribution in [0.15, 0.2) is 0 Å². The van der Waals surface area contributed by atoms with E-state index in [1.54, 1.807) is 0 Å². The molecule has 0 aliphatic carbocycles.